The van der Waals surface area contributed by atoms with Crippen molar-refractivity contribution in [2.75, 3.05) is 18.2 Å². The Balaban J connectivity index is 1.77. The molecule has 1 aromatic carbocycles. The van der Waals surface area contributed by atoms with Crippen molar-refractivity contribution in [1.29, 1.82) is 0 Å². The van der Waals surface area contributed by atoms with Crippen LogP contribution in [-0.4, -0.2) is 34.9 Å². The van der Waals surface area contributed by atoms with Crippen molar-refractivity contribution in [2.45, 2.75) is 18.5 Å². The van der Waals surface area contributed by atoms with E-state index in [4.69, 9.17) is 4.74 Å². The van der Waals surface area contributed by atoms with Gasteiger partial charge in [-0.2, -0.15) is 0 Å². The van der Waals surface area contributed by atoms with Crippen molar-refractivity contribution in [3.8, 4) is 5.75 Å². The fourth-order valence-corrected chi connectivity index (χ4v) is 2.46. The van der Waals surface area contributed by atoms with Gasteiger partial charge in [-0.25, -0.2) is 0 Å². The van der Waals surface area contributed by atoms with Crippen LogP contribution in [0.25, 0.3) is 0 Å². The van der Waals surface area contributed by atoms with Crippen LogP contribution in [0.1, 0.15) is 12.5 Å². The highest BCUT2D eigenvalue weighted by atomic mass is 32.2. The zero-order valence-electron chi connectivity index (χ0n) is 13.4. The topological polar surface area (TPSA) is 93.2 Å². The van der Waals surface area contributed by atoms with Gasteiger partial charge in [0.1, 0.15) is 10.8 Å². The Labute approximate surface area is 144 Å². The van der Waals surface area contributed by atoms with Crippen LogP contribution in [0.4, 0.5) is 5.82 Å². The highest BCUT2D eigenvalue weighted by molar-refractivity contribution is 7.99. The van der Waals surface area contributed by atoms with E-state index in [-0.39, 0.29) is 17.6 Å². The number of rotatable bonds is 7. The Morgan fingerprint density at radius 2 is 2.04 bits per heavy atom. The summed E-state index contributed by atoms with van der Waals surface area (Å²) in [7, 11) is 1.60. The lowest BCUT2D eigenvalue weighted by Gasteiger charge is -2.07. The third-order valence-electron chi connectivity index (χ3n) is 2.92. The van der Waals surface area contributed by atoms with Gasteiger partial charge in [-0.15, -0.1) is 10.2 Å². The third-order valence-corrected chi connectivity index (χ3v) is 3.84. The van der Waals surface area contributed by atoms with Crippen LogP contribution < -0.4 is 15.4 Å². The van der Waals surface area contributed by atoms with Gasteiger partial charge in [0.05, 0.1) is 12.9 Å². The maximum Gasteiger partial charge on any atom is 0.230 e. The number of methoxy groups -OCH3 is 1. The molecule has 0 aliphatic heterocycles. The molecule has 2 N–H and O–H groups in total. The SMILES string of the molecule is COc1cccc(CNC(=O)CSc2ccc(NC(C)=O)nn2)c1. The van der Waals surface area contributed by atoms with Gasteiger partial charge >= 0.3 is 0 Å². The number of nitrogens with one attached hydrogen (secondary N) is 2. The van der Waals surface area contributed by atoms with Crippen molar-refractivity contribution in [1.82, 2.24) is 15.5 Å². The molecule has 0 bridgehead atoms. The predicted molar refractivity (Wildman–Crippen MR) is 91.9 cm³/mol. The molecule has 0 spiro atoms. The summed E-state index contributed by atoms with van der Waals surface area (Å²) in [4.78, 5) is 22.8. The molecule has 0 aliphatic rings. The summed E-state index contributed by atoms with van der Waals surface area (Å²) in [6, 6.07) is 10.9. The minimum Gasteiger partial charge on any atom is -0.497 e. The van der Waals surface area contributed by atoms with E-state index in [9.17, 15) is 9.59 Å². The largest absolute Gasteiger partial charge is 0.497 e. The minimum absolute atomic E-state index is 0.101. The summed E-state index contributed by atoms with van der Waals surface area (Å²) < 4.78 is 5.14. The highest BCUT2D eigenvalue weighted by Crippen LogP contribution is 2.15. The Kier molecular flexibility index (Phi) is 6.56. The zero-order valence-corrected chi connectivity index (χ0v) is 14.2. The molecule has 0 unspecified atom stereocenters. The number of thioether (sulfide) groups is 1. The van der Waals surface area contributed by atoms with Gasteiger partial charge < -0.3 is 15.4 Å². The molecule has 1 aromatic heterocycles. The second-order valence-corrected chi connectivity index (χ2v) is 5.85. The number of ether oxygens (including phenoxy) is 1. The molecule has 0 atom stereocenters. The summed E-state index contributed by atoms with van der Waals surface area (Å²) in [5.41, 5.74) is 0.965. The van der Waals surface area contributed by atoms with Crippen LogP contribution in [-0.2, 0) is 16.1 Å². The van der Waals surface area contributed by atoms with Crippen molar-refractivity contribution in [3.05, 3.63) is 42.0 Å². The number of carbonyl (C=O) groups excluding carboxylic acids is 2. The molecule has 24 heavy (non-hydrogen) atoms. The summed E-state index contributed by atoms with van der Waals surface area (Å²) in [5.74, 6) is 1.06. The maximum atomic E-state index is 11.9. The average molecular weight is 346 g/mol. The number of carbonyl (C=O) groups is 2. The van der Waals surface area contributed by atoms with E-state index in [1.165, 1.54) is 18.7 Å². The van der Waals surface area contributed by atoms with E-state index < -0.39 is 0 Å². The second kappa shape index (κ2) is 8.88. The third kappa shape index (κ3) is 5.88. The summed E-state index contributed by atoms with van der Waals surface area (Å²) >= 11 is 1.28. The van der Waals surface area contributed by atoms with E-state index in [2.05, 4.69) is 20.8 Å². The molecule has 126 valence electrons. The zero-order chi connectivity index (χ0) is 17.4. The predicted octanol–water partition coefficient (Wildman–Crippen LogP) is 1.85. The molecular formula is C16H18N4O3S. The first-order chi connectivity index (χ1) is 11.6. The Bertz CT molecular complexity index is 707. The smallest absolute Gasteiger partial charge is 0.230 e. The standard InChI is InChI=1S/C16H18N4O3S/c1-11(21)18-14-6-7-16(20-19-14)24-10-15(22)17-9-12-4-3-5-13(8-12)23-2/h3-8H,9-10H2,1-2H3,(H,17,22)(H,18,19,21). The number of hydrogen-bond acceptors (Lipinski definition) is 6. The van der Waals surface area contributed by atoms with Crippen LogP contribution in [0.5, 0.6) is 5.75 Å². The molecule has 0 saturated carbocycles. The molecule has 7 nitrogen and oxygen atoms in total. The molecule has 0 saturated heterocycles. The molecular weight excluding hydrogens is 328 g/mol. The van der Waals surface area contributed by atoms with Gasteiger partial charge in [-0.3, -0.25) is 9.59 Å². The van der Waals surface area contributed by atoms with Crippen LogP contribution in [0.3, 0.4) is 0 Å². The maximum absolute atomic E-state index is 11.9. The molecule has 1 heterocycles. The quantitative estimate of drug-likeness (QED) is 0.743. The number of nitrogens with zero attached hydrogens (tertiary/aromatic N) is 2. The van der Waals surface area contributed by atoms with Gasteiger partial charge in [0.25, 0.3) is 0 Å². The van der Waals surface area contributed by atoms with E-state index in [0.717, 1.165) is 11.3 Å². The van der Waals surface area contributed by atoms with Crippen molar-refractivity contribution in [3.63, 3.8) is 0 Å². The lowest BCUT2D eigenvalue weighted by molar-refractivity contribution is -0.118. The normalized spacial score (nSPS) is 10.1. The second-order valence-electron chi connectivity index (χ2n) is 4.85. The molecule has 2 amide bonds. The van der Waals surface area contributed by atoms with Crippen molar-refractivity contribution >= 4 is 29.4 Å². The van der Waals surface area contributed by atoms with Crippen molar-refractivity contribution in [2.24, 2.45) is 0 Å². The minimum atomic E-state index is -0.207. The summed E-state index contributed by atoms with van der Waals surface area (Å²) in [5, 5.41) is 13.8. The van der Waals surface area contributed by atoms with Gasteiger partial charge in [-0.05, 0) is 29.8 Å². The summed E-state index contributed by atoms with van der Waals surface area (Å²) in [6.45, 7) is 1.83. The highest BCUT2D eigenvalue weighted by Gasteiger charge is 2.06. The fourth-order valence-electron chi connectivity index (χ4n) is 1.82. The lowest BCUT2D eigenvalue weighted by Crippen LogP contribution is -2.24. The van der Waals surface area contributed by atoms with Gasteiger partial charge in [0.2, 0.25) is 11.8 Å². The molecule has 2 aromatic rings. The first kappa shape index (κ1) is 17.7. The van der Waals surface area contributed by atoms with E-state index in [1.54, 1.807) is 19.2 Å². The number of aromatic nitrogens is 2. The molecule has 0 aliphatic carbocycles. The Morgan fingerprint density at radius 3 is 2.71 bits per heavy atom. The van der Waals surface area contributed by atoms with Crippen LogP contribution in [0.15, 0.2) is 41.4 Å². The molecule has 2 rings (SSSR count). The molecule has 0 fully saturated rings. The van der Waals surface area contributed by atoms with E-state index >= 15 is 0 Å². The lowest BCUT2D eigenvalue weighted by atomic mass is 10.2. The summed E-state index contributed by atoms with van der Waals surface area (Å²) in [6.07, 6.45) is 0. The monoisotopic (exact) mass is 346 g/mol. The molecule has 0 radical (unpaired) electrons. The first-order valence-electron chi connectivity index (χ1n) is 7.20. The average Bonchev–Trinajstić information content (AvgIpc) is 2.59. The van der Waals surface area contributed by atoms with Crippen LogP contribution in [0.2, 0.25) is 0 Å². The number of anilines is 1. The van der Waals surface area contributed by atoms with Crippen LogP contribution in [0, 0.1) is 0 Å². The van der Waals surface area contributed by atoms with E-state index in [0.29, 0.717) is 17.4 Å². The van der Waals surface area contributed by atoms with E-state index in [1.807, 2.05) is 24.3 Å². The number of amides is 2. The van der Waals surface area contributed by atoms with Gasteiger partial charge in [0.15, 0.2) is 5.82 Å². The van der Waals surface area contributed by atoms with Gasteiger partial charge in [-0.1, -0.05) is 23.9 Å². The molecule has 8 heteroatoms. The fraction of sp³-hybridized carbons (Fsp3) is 0.250. The Morgan fingerprint density at radius 1 is 1.21 bits per heavy atom. The number of benzene rings is 1. The Hall–Kier alpha value is -2.61. The number of hydrogen-bond donors (Lipinski definition) is 2. The van der Waals surface area contributed by atoms with Gasteiger partial charge in [0, 0.05) is 13.5 Å². The van der Waals surface area contributed by atoms with Crippen molar-refractivity contribution < 1.29 is 14.3 Å². The van der Waals surface area contributed by atoms with Crippen LogP contribution >= 0.6 is 11.8 Å². The first-order valence-corrected chi connectivity index (χ1v) is 8.19.